The van der Waals surface area contributed by atoms with Crippen molar-refractivity contribution in [3.8, 4) is 5.75 Å². The third kappa shape index (κ3) is 5.97. The van der Waals surface area contributed by atoms with Gasteiger partial charge in [-0.25, -0.2) is 0 Å². The molecule has 0 spiro atoms. The van der Waals surface area contributed by atoms with Gasteiger partial charge in [0.05, 0.1) is 0 Å². The van der Waals surface area contributed by atoms with Gasteiger partial charge in [0.25, 0.3) is 5.91 Å². The van der Waals surface area contributed by atoms with E-state index >= 15 is 0 Å². The number of hydrogen-bond acceptors (Lipinski definition) is 3. The van der Waals surface area contributed by atoms with Gasteiger partial charge in [-0.3, -0.25) is 4.79 Å². The summed E-state index contributed by atoms with van der Waals surface area (Å²) < 4.78 is 5.73. The van der Waals surface area contributed by atoms with Gasteiger partial charge in [0.1, 0.15) is 5.75 Å². The minimum absolute atomic E-state index is 0.118. The quantitative estimate of drug-likeness (QED) is 0.754. The highest BCUT2D eigenvalue weighted by molar-refractivity contribution is 5.77. The summed E-state index contributed by atoms with van der Waals surface area (Å²) in [6, 6.07) is 8.12. The van der Waals surface area contributed by atoms with E-state index in [4.69, 9.17) is 4.74 Å². The molecule has 0 aromatic heterocycles. The molecule has 4 heteroatoms. The van der Waals surface area contributed by atoms with E-state index in [1.165, 1.54) is 44.5 Å². The number of likely N-dealkylation sites (tertiary alicyclic amines) is 2. The Kier molecular flexibility index (Phi) is 6.80. The first-order valence-corrected chi connectivity index (χ1v) is 10.7. The number of benzene rings is 1. The van der Waals surface area contributed by atoms with Gasteiger partial charge in [0.2, 0.25) is 0 Å². The maximum atomic E-state index is 12.5. The topological polar surface area (TPSA) is 32.8 Å². The van der Waals surface area contributed by atoms with Crippen molar-refractivity contribution in [1.29, 1.82) is 0 Å². The molecule has 2 aliphatic rings. The number of piperidine rings is 1. The predicted molar refractivity (Wildman–Crippen MR) is 110 cm³/mol. The van der Waals surface area contributed by atoms with E-state index in [2.05, 4.69) is 37.8 Å². The zero-order valence-corrected chi connectivity index (χ0v) is 17.4. The molecular weight excluding hydrogens is 336 g/mol. The molecule has 0 unspecified atom stereocenters. The number of nitrogens with zero attached hydrogens (tertiary/aromatic N) is 2. The zero-order valence-electron chi connectivity index (χ0n) is 17.4. The predicted octanol–water partition coefficient (Wildman–Crippen LogP) is 4.09. The van der Waals surface area contributed by atoms with Crippen molar-refractivity contribution in [2.24, 2.45) is 5.92 Å². The van der Waals surface area contributed by atoms with Gasteiger partial charge in [-0.2, -0.15) is 0 Å². The number of carbonyl (C=O) groups excluding carboxylic acids is 1. The van der Waals surface area contributed by atoms with Gasteiger partial charge in [0.15, 0.2) is 6.61 Å². The summed E-state index contributed by atoms with van der Waals surface area (Å²) in [5.74, 6) is 1.67. The second-order valence-electron chi connectivity index (χ2n) is 9.22. The lowest BCUT2D eigenvalue weighted by Crippen LogP contribution is -2.41. The van der Waals surface area contributed by atoms with Gasteiger partial charge >= 0.3 is 0 Å². The van der Waals surface area contributed by atoms with Crippen LogP contribution >= 0.6 is 0 Å². The van der Waals surface area contributed by atoms with Crippen LogP contribution in [0.1, 0.15) is 58.4 Å². The Bertz CT molecular complexity index is 592. The normalized spacial score (nSPS) is 19.4. The highest BCUT2D eigenvalue weighted by Crippen LogP contribution is 2.25. The van der Waals surface area contributed by atoms with Crippen molar-refractivity contribution in [1.82, 2.24) is 9.80 Å². The smallest absolute Gasteiger partial charge is 0.260 e. The summed E-state index contributed by atoms with van der Waals surface area (Å²) in [7, 11) is 0. The van der Waals surface area contributed by atoms with Crippen molar-refractivity contribution >= 4 is 5.91 Å². The molecule has 2 saturated heterocycles. The molecule has 0 N–H and O–H groups in total. The molecule has 4 nitrogen and oxygen atoms in total. The molecule has 3 rings (SSSR count). The zero-order chi connectivity index (χ0) is 19.3. The number of rotatable bonds is 6. The molecule has 0 atom stereocenters. The first-order valence-electron chi connectivity index (χ1n) is 10.7. The molecule has 0 aliphatic carbocycles. The molecule has 0 saturated carbocycles. The minimum Gasteiger partial charge on any atom is -0.484 e. The number of carbonyl (C=O) groups is 1. The molecule has 2 aliphatic heterocycles. The van der Waals surface area contributed by atoms with E-state index in [0.717, 1.165) is 37.6 Å². The second-order valence-corrected chi connectivity index (χ2v) is 9.22. The summed E-state index contributed by atoms with van der Waals surface area (Å²) in [6.45, 7) is 12.3. The fraction of sp³-hybridized carbons (Fsp3) is 0.696. The van der Waals surface area contributed by atoms with Gasteiger partial charge in [-0.15, -0.1) is 0 Å². The molecular formula is C23H36N2O2. The van der Waals surface area contributed by atoms with E-state index in [0.29, 0.717) is 0 Å². The summed E-state index contributed by atoms with van der Waals surface area (Å²) >= 11 is 0. The van der Waals surface area contributed by atoms with Gasteiger partial charge < -0.3 is 14.5 Å². The van der Waals surface area contributed by atoms with Crippen LogP contribution in [0.15, 0.2) is 24.3 Å². The van der Waals surface area contributed by atoms with Crippen LogP contribution < -0.4 is 4.74 Å². The van der Waals surface area contributed by atoms with E-state index in [1.54, 1.807) is 0 Å². The first kappa shape index (κ1) is 20.2. The van der Waals surface area contributed by atoms with Crippen molar-refractivity contribution < 1.29 is 9.53 Å². The Labute approximate surface area is 164 Å². The Hall–Kier alpha value is -1.55. The third-order valence-corrected chi connectivity index (χ3v) is 6.10. The number of ether oxygens (including phenoxy) is 1. The van der Waals surface area contributed by atoms with Crippen LogP contribution in [0.4, 0.5) is 0 Å². The lowest BCUT2D eigenvalue weighted by molar-refractivity contribution is -0.134. The summed E-state index contributed by atoms with van der Waals surface area (Å²) in [4.78, 5) is 17.0. The van der Waals surface area contributed by atoms with E-state index in [9.17, 15) is 4.79 Å². The fourth-order valence-corrected chi connectivity index (χ4v) is 4.13. The largest absolute Gasteiger partial charge is 0.484 e. The SMILES string of the molecule is CC(C)(C)c1ccc(OCC(=O)N2CCC(CCN3CCCC3)CC2)cc1. The van der Waals surface area contributed by atoms with Gasteiger partial charge in [0, 0.05) is 13.1 Å². The Balaban J connectivity index is 1.36. The molecule has 1 amide bonds. The summed E-state index contributed by atoms with van der Waals surface area (Å²) in [5.41, 5.74) is 1.41. The molecule has 27 heavy (non-hydrogen) atoms. The average Bonchev–Trinajstić information content (AvgIpc) is 3.18. The Morgan fingerprint density at radius 3 is 2.26 bits per heavy atom. The Morgan fingerprint density at radius 1 is 1.04 bits per heavy atom. The van der Waals surface area contributed by atoms with Gasteiger partial charge in [-0.1, -0.05) is 32.9 Å². The highest BCUT2D eigenvalue weighted by Gasteiger charge is 2.24. The van der Waals surface area contributed by atoms with Crippen molar-refractivity contribution in [3.05, 3.63) is 29.8 Å². The van der Waals surface area contributed by atoms with E-state index < -0.39 is 0 Å². The summed E-state index contributed by atoms with van der Waals surface area (Å²) in [6.07, 6.45) is 6.30. The van der Waals surface area contributed by atoms with Crippen LogP contribution in [0.5, 0.6) is 5.75 Å². The van der Waals surface area contributed by atoms with E-state index in [-0.39, 0.29) is 17.9 Å². The first-order chi connectivity index (χ1) is 12.9. The van der Waals surface area contributed by atoms with Crippen molar-refractivity contribution in [3.63, 3.8) is 0 Å². The molecule has 150 valence electrons. The monoisotopic (exact) mass is 372 g/mol. The third-order valence-electron chi connectivity index (χ3n) is 6.10. The lowest BCUT2D eigenvalue weighted by atomic mass is 9.87. The number of hydrogen-bond donors (Lipinski definition) is 0. The van der Waals surface area contributed by atoms with Crippen LogP contribution in [0.3, 0.4) is 0 Å². The van der Waals surface area contributed by atoms with Crippen molar-refractivity contribution in [2.75, 3.05) is 39.3 Å². The van der Waals surface area contributed by atoms with Crippen LogP contribution in [-0.2, 0) is 10.2 Å². The highest BCUT2D eigenvalue weighted by atomic mass is 16.5. The molecule has 1 aromatic carbocycles. The molecule has 0 radical (unpaired) electrons. The van der Waals surface area contributed by atoms with Crippen LogP contribution in [0.2, 0.25) is 0 Å². The molecule has 2 fully saturated rings. The maximum Gasteiger partial charge on any atom is 0.260 e. The van der Waals surface area contributed by atoms with Gasteiger partial charge in [-0.05, 0) is 80.8 Å². The van der Waals surface area contributed by atoms with Crippen LogP contribution in [0.25, 0.3) is 0 Å². The minimum atomic E-state index is 0.118. The van der Waals surface area contributed by atoms with Crippen LogP contribution in [0, 0.1) is 5.92 Å². The standard InChI is InChI=1S/C23H36N2O2/c1-23(2,3)20-6-8-21(9-7-20)27-18-22(26)25-16-11-19(12-17-25)10-15-24-13-4-5-14-24/h6-9,19H,4-5,10-18H2,1-3H3. The van der Waals surface area contributed by atoms with Crippen molar-refractivity contribution in [2.45, 2.75) is 58.3 Å². The average molecular weight is 373 g/mol. The Morgan fingerprint density at radius 2 is 1.67 bits per heavy atom. The summed E-state index contributed by atoms with van der Waals surface area (Å²) in [5, 5.41) is 0. The lowest BCUT2D eigenvalue weighted by Gasteiger charge is -2.32. The maximum absolute atomic E-state index is 12.5. The molecule has 0 bridgehead atoms. The second kappa shape index (κ2) is 9.09. The van der Waals surface area contributed by atoms with E-state index in [1.807, 2.05) is 17.0 Å². The molecule has 1 aromatic rings. The number of amides is 1. The molecule has 2 heterocycles. The van der Waals surface area contributed by atoms with Crippen LogP contribution in [-0.4, -0.2) is 55.0 Å². The fourth-order valence-electron chi connectivity index (χ4n) is 4.13.